The summed E-state index contributed by atoms with van der Waals surface area (Å²) in [6.07, 6.45) is -3.34. The molecule has 1 N–H and O–H groups in total. The second kappa shape index (κ2) is 13.4. The number of aryl methyl sites for hydroxylation is 1. The number of benzene rings is 1. The number of thioether (sulfide) groups is 1. The molecule has 3 rings (SSSR count). The van der Waals surface area contributed by atoms with Gasteiger partial charge in [-0.2, -0.15) is 0 Å². The minimum Gasteiger partial charge on any atom is -0.485 e. The van der Waals surface area contributed by atoms with E-state index in [1.54, 1.807) is 11.6 Å². The number of nitrogens with one attached hydrogen (secondary N) is 1. The topological polar surface area (TPSA) is 157 Å². The van der Waals surface area contributed by atoms with Gasteiger partial charge in [0.15, 0.2) is 23.2 Å². The highest BCUT2D eigenvalue weighted by molar-refractivity contribution is 7.99. The van der Waals surface area contributed by atoms with Crippen molar-refractivity contribution in [3.8, 4) is 5.75 Å². The molecule has 0 spiro atoms. The number of para-hydroxylation sites is 1. The molecular weight excluding hydrogens is 532 g/mol. The van der Waals surface area contributed by atoms with Crippen LogP contribution < -0.4 is 10.1 Å². The van der Waals surface area contributed by atoms with Gasteiger partial charge in [-0.15, -0.1) is 10.2 Å². The molecule has 0 saturated carbocycles. The van der Waals surface area contributed by atoms with Gasteiger partial charge in [-0.05, 0) is 18.6 Å². The summed E-state index contributed by atoms with van der Waals surface area (Å²) in [5.41, 5.74) is 0.0688. The number of hydrogen-bond acceptors (Lipinski definition) is 12. The molecular formula is C25H32N4O9S. The normalized spacial score (nSPS) is 22.5. The molecule has 0 aliphatic carbocycles. The predicted molar refractivity (Wildman–Crippen MR) is 136 cm³/mol. The van der Waals surface area contributed by atoms with Crippen molar-refractivity contribution in [3.05, 3.63) is 35.7 Å². The fourth-order valence-corrected chi connectivity index (χ4v) is 5.06. The first-order valence-electron chi connectivity index (χ1n) is 12.1. The van der Waals surface area contributed by atoms with Gasteiger partial charge < -0.3 is 33.6 Å². The lowest BCUT2D eigenvalue weighted by Gasteiger charge is -2.44. The Hall–Kier alpha value is -3.65. The zero-order valence-corrected chi connectivity index (χ0v) is 23.4. The third-order valence-electron chi connectivity index (χ3n) is 5.67. The number of rotatable bonds is 10. The molecule has 39 heavy (non-hydrogen) atoms. The number of amides is 1. The third kappa shape index (κ3) is 8.17. The molecule has 1 saturated heterocycles. The van der Waals surface area contributed by atoms with Gasteiger partial charge in [0.05, 0.1) is 0 Å². The quantitative estimate of drug-likeness (QED) is 0.328. The van der Waals surface area contributed by atoms with Gasteiger partial charge >= 0.3 is 17.9 Å². The van der Waals surface area contributed by atoms with Crippen molar-refractivity contribution >= 4 is 35.6 Å². The maximum Gasteiger partial charge on any atom is 0.303 e. The number of nitrogens with zero attached hydrogens (tertiary/aromatic N) is 3. The molecule has 14 heteroatoms. The maximum atomic E-state index is 12.1. The lowest BCUT2D eigenvalue weighted by Crippen LogP contribution is -2.65. The highest BCUT2D eigenvalue weighted by Crippen LogP contribution is 2.35. The van der Waals surface area contributed by atoms with E-state index >= 15 is 0 Å². The average Bonchev–Trinajstić information content (AvgIpc) is 3.19. The largest absolute Gasteiger partial charge is 0.485 e. The number of carbonyl (C=O) groups excluding carboxylic acids is 4. The van der Waals surface area contributed by atoms with Gasteiger partial charge in [0.1, 0.15) is 36.5 Å². The second-order valence-electron chi connectivity index (χ2n) is 8.85. The Balaban J connectivity index is 1.89. The predicted octanol–water partition coefficient (Wildman–Crippen LogP) is 1.45. The molecule has 1 amide bonds. The first-order chi connectivity index (χ1) is 18.5. The Kier molecular flexibility index (Phi) is 10.3. The van der Waals surface area contributed by atoms with Crippen LogP contribution in [-0.2, 0) is 51.8 Å². The van der Waals surface area contributed by atoms with Gasteiger partial charge in [-0.25, -0.2) is 0 Å². The number of hydrogen-bond donors (Lipinski definition) is 1. The Morgan fingerprint density at radius 3 is 2.28 bits per heavy atom. The summed E-state index contributed by atoms with van der Waals surface area (Å²) in [6, 6.07) is 6.62. The lowest BCUT2D eigenvalue weighted by atomic mass is 9.97. The van der Waals surface area contributed by atoms with Crippen molar-refractivity contribution in [1.82, 2.24) is 20.1 Å². The van der Waals surface area contributed by atoms with Gasteiger partial charge in [-0.3, -0.25) is 19.2 Å². The van der Waals surface area contributed by atoms with Gasteiger partial charge in [0, 0.05) is 34.7 Å². The van der Waals surface area contributed by atoms with E-state index in [2.05, 4.69) is 15.5 Å². The molecule has 1 aromatic carbocycles. The van der Waals surface area contributed by atoms with Crippen LogP contribution >= 0.6 is 11.8 Å². The summed E-state index contributed by atoms with van der Waals surface area (Å²) in [6.45, 7) is 6.68. The highest BCUT2D eigenvalue weighted by Gasteiger charge is 2.51. The van der Waals surface area contributed by atoms with E-state index in [9.17, 15) is 19.2 Å². The molecule has 2 aromatic rings. The van der Waals surface area contributed by atoms with Crippen molar-refractivity contribution < 1.29 is 42.9 Å². The van der Waals surface area contributed by atoms with E-state index in [0.717, 1.165) is 17.3 Å². The van der Waals surface area contributed by atoms with Crippen molar-refractivity contribution in [2.24, 2.45) is 7.05 Å². The van der Waals surface area contributed by atoms with E-state index in [1.165, 1.54) is 27.7 Å². The fourth-order valence-electron chi connectivity index (χ4n) is 3.93. The smallest absolute Gasteiger partial charge is 0.303 e. The van der Waals surface area contributed by atoms with Crippen molar-refractivity contribution in [1.29, 1.82) is 0 Å². The molecule has 1 aromatic heterocycles. The van der Waals surface area contributed by atoms with Gasteiger partial charge in [0.25, 0.3) is 0 Å². The molecule has 0 radical (unpaired) electrons. The summed E-state index contributed by atoms with van der Waals surface area (Å²) in [7, 11) is 1.75. The molecule has 1 aliphatic rings. The van der Waals surface area contributed by atoms with E-state index in [1.807, 2.05) is 31.2 Å². The van der Waals surface area contributed by atoms with E-state index in [4.69, 9.17) is 23.7 Å². The zero-order chi connectivity index (χ0) is 28.7. The number of carbonyl (C=O) groups is 4. The van der Waals surface area contributed by atoms with Gasteiger partial charge in [0.2, 0.25) is 5.91 Å². The van der Waals surface area contributed by atoms with E-state index in [0.29, 0.717) is 16.7 Å². The summed E-state index contributed by atoms with van der Waals surface area (Å²) < 4.78 is 29.9. The van der Waals surface area contributed by atoms with E-state index in [-0.39, 0.29) is 13.2 Å². The monoisotopic (exact) mass is 564 g/mol. The van der Waals surface area contributed by atoms with Crippen LogP contribution in [0.1, 0.15) is 39.1 Å². The highest BCUT2D eigenvalue weighted by atomic mass is 32.2. The van der Waals surface area contributed by atoms with Crippen LogP contribution in [0.3, 0.4) is 0 Å². The molecule has 5 atom stereocenters. The van der Waals surface area contributed by atoms with E-state index < -0.39 is 53.6 Å². The van der Waals surface area contributed by atoms with Crippen molar-refractivity contribution in [2.75, 3.05) is 6.61 Å². The standard InChI is InChI=1S/C25H32N4O9S/c1-13-9-7-8-10-18(13)35-12-20-27-28-25(29(20)6)39-24-21(26-14(2)30)23(37-17(5)33)22(36-16(4)32)19(38-24)11-34-15(3)31/h7-10,19,21-24H,11-12H2,1-6H3,(H,26,30)/t19-,21-,22+,23-,24-/m0/s1. The summed E-state index contributed by atoms with van der Waals surface area (Å²) in [4.78, 5) is 47.6. The minimum absolute atomic E-state index is 0.148. The first kappa shape index (κ1) is 29.9. The molecule has 0 unspecified atom stereocenters. The number of ether oxygens (including phenoxy) is 5. The van der Waals surface area contributed by atoms with Crippen LogP contribution in [0.4, 0.5) is 0 Å². The van der Waals surface area contributed by atoms with Crippen LogP contribution in [0.15, 0.2) is 29.4 Å². The maximum absolute atomic E-state index is 12.1. The fraction of sp³-hybridized carbons (Fsp3) is 0.520. The van der Waals surface area contributed by atoms with Crippen LogP contribution in [0.5, 0.6) is 5.75 Å². The zero-order valence-electron chi connectivity index (χ0n) is 22.5. The summed E-state index contributed by atoms with van der Waals surface area (Å²) in [5.74, 6) is -1.12. The number of aromatic nitrogens is 3. The van der Waals surface area contributed by atoms with Crippen LogP contribution in [-0.4, -0.2) is 75.0 Å². The molecule has 212 valence electrons. The Morgan fingerprint density at radius 2 is 1.67 bits per heavy atom. The Labute approximate surface area is 229 Å². The molecule has 0 bridgehead atoms. The minimum atomic E-state index is -1.17. The lowest BCUT2D eigenvalue weighted by molar-refractivity contribution is -0.211. The van der Waals surface area contributed by atoms with Crippen LogP contribution in [0, 0.1) is 6.92 Å². The third-order valence-corrected chi connectivity index (χ3v) is 6.87. The molecule has 13 nitrogen and oxygen atoms in total. The molecule has 1 aliphatic heterocycles. The SMILES string of the molecule is CC(=O)N[C@H]1[C@H](OC(C)=O)[C@H](OC(C)=O)[C@H](COC(C)=O)O[C@H]1Sc1nnc(COc2ccccc2C)n1C. The average molecular weight is 565 g/mol. The Morgan fingerprint density at radius 1 is 1.00 bits per heavy atom. The van der Waals surface area contributed by atoms with Crippen molar-refractivity contribution in [2.45, 2.75) is 76.2 Å². The van der Waals surface area contributed by atoms with Gasteiger partial charge in [-0.1, -0.05) is 30.0 Å². The van der Waals surface area contributed by atoms with Crippen LogP contribution in [0.2, 0.25) is 0 Å². The molecule has 2 heterocycles. The second-order valence-corrected chi connectivity index (χ2v) is 9.92. The Bertz CT molecular complexity index is 1200. The molecule has 1 fully saturated rings. The number of esters is 3. The summed E-state index contributed by atoms with van der Waals surface area (Å²) >= 11 is 1.10. The van der Waals surface area contributed by atoms with Crippen molar-refractivity contribution in [3.63, 3.8) is 0 Å². The summed E-state index contributed by atoms with van der Waals surface area (Å²) in [5, 5.41) is 11.6. The van der Waals surface area contributed by atoms with Crippen LogP contribution in [0.25, 0.3) is 0 Å². The first-order valence-corrected chi connectivity index (χ1v) is 13.0.